The fourth-order valence-corrected chi connectivity index (χ4v) is 1.39. The van der Waals surface area contributed by atoms with E-state index in [4.69, 9.17) is 10.6 Å². The molecule has 3 N–H and O–H groups in total. The van der Waals surface area contributed by atoms with Crippen molar-refractivity contribution in [2.75, 3.05) is 18.3 Å². The third-order valence-corrected chi connectivity index (χ3v) is 2.40. The highest BCUT2D eigenvalue weighted by Gasteiger charge is 2.02. The molecule has 94 valence electrons. The zero-order valence-electron chi connectivity index (χ0n) is 9.83. The number of hydrogen-bond acceptors (Lipinski definition) is 6. The molecule has 2 aromatic rings. The minimum Gasteiger partial charge on any atom is -0.497 e. The van der Waals surface area contributed by atoms with E-state index in [2.05, 4.69) is 15.5 Å². The molecule has 0 amide bonds. The van der Waals surface area contributed by atoms with E-state index in [-0.39, 0.29) is 5.95 Å². The molecule has 0 spiro atoms. The van der Waals surface area contributed by atoms with Gasteiger partial charge in [0.15, 0.2) is 0 Å². The van der Waals surface area contributed by atoms with Crippen LogP contribution in [0.4, 0.5) is 5.95 Å². The summed E-state index contributed by atoms with van der Waals surface area (Å²) in [6, 6.07) is 7.51. The first-order chi connectivity index (χ1) is 8.70. The molecule has 0 atom stereocenters. The van der Waals surface area contributed by atoms with Crippen LogP contribution >= 0.6 is 0 Å². The van der Waals surface area contributed by atoms with E-state index in [1.54, 1.807) is 7.11 Å². The quantitative estimate of drug-likeness (QED) is 0.737. The number of nitrogen functional groups attached to an aromatic ring is 1. The molecule has 0 fully saturated rings. The van der Waals surface area contributed by atoms with Crippen molar-refractivity contribution in [1.29, 1.82) is 0 Å². The highest BCUT2D eigenvalue weighted by molar-refractivity contribution is 5.31. The van der Waals surface area contributed by atoms with E-state index in [1.807, 2.05) is 24.3 Å². The fraction of sp³-hybridized carbons (Fsp3) is 0.182. The fourth-order valence-electron chi connectivity index (χ4n) is 1.39. The number of nitrogens with zero attached hydrogens (tertiary/aromatic N) is 3. The molecule has 1 aromatic heterocycles. The topological polar surface area (TPSA) is 95.1 Å². The van der Waals surface area contributed by atoms with Gasteiger partial charge in [0.2, 0.25) is 5.95 Å². The summed E-state index contributed by atoms with van der Waals surface area (Å²) >= 11 is 0. The van der Waals surface area contributed by atoms with Gasteiger partial charge in [0.25, 0.3) is 5.56 Å². The first-order valence-corrected chi connectivity index (χ1v) is 5.27. The van der Waals surface area contributed by atoms with E-state index in [9.17, 15) is 4.79 Å². The number of nitrogens with two attached hydrogens (primary N) is 1. The van der Waals surface area contributed by atoms with Crippen LogP contribution < -0.4 is 21.5 Å². The van der Waals surface area contributed by atoms with Gasteiger partial charge in [0, 0.05) is 6.54 Å². The van der Waals surface area contributed by atoms with Crippen LogP contribution in [-0.4, -0.2) is 22.0 Å². The SMILES string of the molecule is COc1ccc(CNc2nncc(=O)n2N)cc1. The van der Waals surface area contributed by atoms with E-state index in [0.29, 0.717) is 6.54 Å². The maximum Gasteiger partial charge on any atom is 0.292 e. The smallest absolute Gasteiger partial charge is 0.292 e. The summed E-state index contributed by atoms with van der Waals surface area (Å²) in [6.45, 7) is 0.485. The molecular formula is C11H13N5O2. The lowest BCUT2D eigenvalue weighted by molar-refractivity contribution is 0.414. The van der Waals surface area contributed by atoms with Gasteiger partial charge in [0.1, 0.15) is 11.9 Å². The lowest BCUT2D eigenvalue weighted by atomic mass is 10.2. The molecule has 0 aliphatic heterocycles. The monoisotopic (exact) mass is 247 g/mol. The number of hydrogen-bond donors (Lipinski definition) is 2. The Morgan fingerprint density at radius 2 is 2.11 bits per heavy atom. The molecular weight excluding hydrogens is 234 g/mol. The summed E-state index contributed by atoms with van der Waals surface area (Å²) in [7, 11) is 1.61. The Hall–Kier alpha value is -2.57. The van der Waals surface area contributed by atoms with Crippen molar-refractivity contribution in [1.82, 2.24) is 14.9 Å². The number of nitrogens with one attached hydrogen (secondary N) is 1. The zero-order chi connectivity index (χ0) is 13.0. The lowest BCUT2D eigenvalue weighted by Gasteiger charge is -2.08. The average Bonchev–Trinajstić information content (AvgIpc) is 2.41. The third kappa shape index (κ3) is 2.57. The molecule has 0 aliphatic carbocycles. The molecule has 0 saturated heterocycles. The molecule has 0 saturated carbocycles. The van der Waals surface area contributed by atoms with Crippen LogP contribution in [-0.2, 0) is 6.54 Å². The maximum atomic E-state index is 11.2. The summed E-state index contributed by atoms with van der Waals surface area (Å²) in [4.78, 5) is 11.2. The zero-order valence-corrected chi connectivity index (χ0v) is 9.83. The van der Waals surface area contributed by atoms with E-state index in [1.165, 1.54) is 0 Å². The normalized spacial score (nSPS) is 10.1. The molecule has 7 nitrogen and oxygen atoms in total. The van der Waals surface area contributed by atoms with Crippen molar-refractivity contribution >= 4 is 5.95 Å². The number of benzene rings is 1. The van der Waals surface area contributed by atoms with Gasteiger partial charge in [-0.15, -0.1) is 10.2 Å². The average molecular weight is 247 g/mol. The molecule has 18 heavy (non-hydrogen) atoms. The van der Waals surface area contributed by atoms with Gasteiger partial charge in [-0.05, 0) is 17.7 Å². The molecule has 0 aliphatic rings. The van der Waals surface area contributed by atoms with Crippen molar-refractivity contribution in [2.45, 2.75) is 6.54 Å². The Morgan fingerprint density at radius 1 is 1.39 bits per heavy atom. The summed E-state index contributed by atoms with van der Waals surface area (Å²) in [5, 5.41) is 10.2. The number of rotatable bonds is 4. The summed E-state index contributed by atoms with van der Waals surface area (Å²) in [6.07, 6.45) is 1.05. The van der Waals surface area contributed by atoms with Crippen LogP contribution in [0.1, 0.15) is 5.56 Å². The van der Waals surface area contributed by atoms with Crippen LogP contribution in [0.15, 0.2) is 35.3 Å². The molecule has 0 unspecified atom stereocenters. The second-order valence-electron chi connectivity index (χ2n) is 3.58. The van der Waals surface area contributed by atoms with Crippen molar-refractivity contribution in [2.24, 2.45) is 0 Å². The standard InChI is InChI=1S/C11H13N5O2/c1-18-9-4-2-8(3-5-9)6-13-11-15-14-7-10(17)16(11)12/h2-5,7H,6,12H2,1H3,(H,13,15). The minimum absolute atomic E-state index is 0.221. The van der Waals surface area contributed by atoms with Gasteiger partial charge in [0.05, 0.1) is 7.11 Å². The Bertz CT molecular complexity index is 579. The second kappa shape index (κ2) is 5.17. The predicted molar refractivity (Wildman–Crippen MR) is 66.8 cm³/mol. The van der Waals surface area contributed by atoms with Gasteiger partial charge in [-0.25, -0.2) is 0 Å². The van der Waals surface area contributed by atoms with E-state index < -0.39 is 5.56 Å². The number of anilines is 1. The third-order valence-electron chi connectivity index (χ3n) is 2.40. The Labute approximate surface area is 103 Å². The molecule has 1 aromatic carbocycles. The maximum absolute atomic E-state index is 11.2. The largest absolute Gasteiger partial charge is 0.497 e. The van der Waals surface area contributed by atoms with Crippen molar-refractivity contribution in [3.63, 3.8) is 0 Å². The van der Waals surface area contributed by atoms with Crippen molar-refractivity contribution in [3.05, 3.63) is 46.4 Å². The molecule has 0 bridgehead atoms. The van der Waals surface area contributed by atoms with Crippen LogP contribution in [0.5, 0.6) is 5.75 Å². The first kappa shape index (κ1) is 11.9. The summed E-state index contributed by atoms with van der Waals surface area (Å²) in [5.41, 5.74) is 0.594. The van der Waals surface area contributed by atoms with E-state index in [0.717, 1.165) is 22.2 Å². The minimum atomic E-state index is -0.415. The van der Waals surface area contributed by atoms with Crippen LogP contribution in [0.3, 0.4) is 0 Å². The van der Waals surface area contributed by atoms with Crippen LogP contribution in [0.2, 0.25) is 0 Å². The lowest BCUT2D eigenvalue weighted by Crippen LogP contribution is -2.30. The van der Waals surface area contributed by atoms with Gasteiger partial charge in [-0.3, -0.25) is 4.79 Å². The predicted octanol–water partition coefficient (Wildman–Crippen LogP) is -0.0272. The second-order valence-corrected chi connectivity index (χ2v) is 3.58. The van der Waals surface area contributed by atoms with Crippen molar-refractivity contribution in [3.8, 4) is 5.75 Å². The number of methoxy groups -OCH3 is 1. The Morgan fingerprint density at radius 3 is 2.78 bits per heavy atom. The molecule has 7 heteroatoms. The summed E-state index contributed by atoms with van der Waals surface area (Å²) in [5.74, 6) is 6.52. The number of ether oxygens (including phenoxy) is 1. The van der Waals surface area contributed by atoms with Crippen LogP contribution in [0, 0.1) is 0 Å². The highest BCUT2D eigenvalue weighted by Crippen LogP contribution is 2.11. The van der Waals surface area contributed by atoms with Gasteiger partial charge < -0.3 is 15.9 Å². The number of aromatic nitrogens is 3. The van der Waals surface area contributed by atoms with Gasteiger partial charge in [-0.1, -0.05) is 12.1 Å². The Kier molecular flexibility index (Phi) is 3.42. The van der Waals surface area contributed by atoms with Gasteiger partial charge >= 0.3 is 0 Å². The van der Waals surface area contributed by atoms with Gasteiger partial charge in [-0.2, -0.15) is 4.68 Å². The highest BCUT2D eigenvalue weighted by atomic mass is 16.5. The molecule has 0 radical (unpaired) electrons. The molecule has 1 heterocycles. The summed E-state index contributed by atoms with van der Waals surface area (Å²) < 4.78 is 5.97. The molecule has 2 rings (SSSR count). The van der Waals surface area contributed by atoms with E-state index >= 15 is 0 Å². The van der Waals surface area contributed by atoms with Crippen LogP contribution in [0.25, 0.3) is 0 Å². The first-order valence-electron chi connectivity index (χ1n) is 5.27. The Balaban J connectivity index is 2.06. The van der Waals surface area contributed by atoms with Crippen molar-refractivity contribution < 1.29 is 4.74 Å².